The Kier molecular flexibility index (Phi) is 6.53. The molecule has 0 bridgehead atoms. The van der Waals surface area contributed by atoms with Gasteiger partial charge in [0.2, 0.25) is 0 Å². The summed E-state index contributed by atoms with van der Waals surface area (Å²) >= 11 is 5.67. The quantitative estimate of drug-likeness (QED) is 0.861. The van der Waals surface area contributed by atoms with Gasteiger partial charge in [0.1, 0.15) is 5.15 Å². The fraction of sp³-hybridized carbons (Fsp3) is 0.583. The molecule has 19 heavy (non-hydrogen) atoms. The predicted octanol–water partition coefficient (Wildman–Crippen LogP) is 2.07. The number of sulfone groups is 1. The van der Waals surface area contributed by atoms with Gasteiger partial charge in [-0.15, -0.1) is 12.4 Å². The monoisotopic (exact) mass is 324 g/mol. The van der Waals surface area contributed by atoms with E-state index in [0.717, 1.165) is 25.9 Å². The molecule has 1 N–H and O–H groups in total. The minimum atomic E-state index is -3.06. The van der Waals surface area contributed by atoms with Crippen LogP contribution in [0, 0.1) is 5.92 Å². The fourth-order valence-corrected chi connectivity index (χ4v) is 4.17. The van der Waals surface area contributed by atoms with Crippen molar-refractivity contribution in [1.29, 1.82) is 0 Å². The zero-order chi connectivity index (χ0) is 13.0. The van der Waals surface area contributed by atoms with Crippen LogP contribution < -0.4 is 5.32 Å². The zero-order valence-electron chi connectivity index (χ0n) is 10.5. The minimum absolute atomic E-state index is 0. The van der Waals surface area contributed by atoms with Gasteiger partial charge in [0.05, 0.1) is 11.5 Å². The van der Waals surface area contributed by atoms with E-state index in [9.17, 15) is 8.42 Å². The summed E-state index contributed by atoms with van der Waals surface area (Å²) in [6.45, 7) is 1.84. The summed E-state index contributed by atoms with van der Waals surface area (Å²) in [4.78, 5) is 3.90. The molecule has 7 heteroatoms. The Morgan fingerprint density at radius 2 is 2.00 bits per heavy atom. The van der Waals surface area contributed by atoms with Crippen LogP contribution in [0.1, 0.15) is 18.4 Å². The second kappa shape index (κ2) is 7.43. The van der Waals surface area contributed by atoms with Crippen LogP contribution in [-0.4, -0.2) is 32.2 Å². The number of pyridine rings is 1. The Labute approximate surface area is 125 Å². The molecule has 4 nitrogen and oxygen atoms in total. The van der Waals surface area contributed by atoms with Crippen molar-refractivity contribution in [3.05, 3.63) is 29.0 Å². The third-order valence-electron chi connectivity index (χ3n) is 3.12. The van der Waals surface area contributed by atoms with Crippen molar-refractivity contribution in [1.82, 2.24) is 10.3 Å². The van der Waals surface area contributed by atoms with E-state index in [1.54, 1.807) is 12.1 Å². The van der Waals surface area contributed by atoms with Crippen LogP contribution in [0.15, 0.2) is 18.3 Å². The molecule has 1 fully saturated rings. The van der Waals surface area contributed by atoms with Crippen LogP contribution in [0.4, 0.5) is 0 Å². The highest BCUT2D eigenvalue weighted by atomic mass is 35.5. The second-order valence-electron chi connectivity index (χ2n) is 4.74. The van der Waals surface area contributed by atoms with E-state index in [0.29, 0.717) is 10.7 Å². The van der Waals surface area contributed by atoms with E-state index in [2.05, 4.69) is 10.3 Å². The summed E-state index contributed by atoms with van der Waals surface area (Å²) in [5, 5.41) is 3.62. The van der Waals surface area contributed by atoms with E-state index < -0.39 is 9.84 Å². The standard InChI is InChI=1S/C12H17ClN2O2S.ClH/c13-12-2-1-11(7-15-12)9-18(16,17)8-10-3-5-14-6-4-10;/h1-2,7,10,14H,3-6,8-9H2;1H. The van der Waals surface area contributed by atoms with E-state index in [1.807, 2.05) is 0 Å². The molecular formula is C12H18Cl2N2O2S. The normalized spacial score (nSPS) is 16.9. The summed E-state index contributed by atoms with van der Waals surface area (Å²) in [6.07, 6.45) is 3.42. The molecule has 108 valence electrons. The van der Waals surface area contributed by atoms with E-state index in [-0.39, 0.29) is 29.8 Å². The molecule has 1 aliphatic heterocycles. The first-order chi connectivity index (χ1) is 8.55. The van der Waals surface area contributed by atoms with Crippen LogP contribution in [0.2, 0.25) is 5.15 Å². The molecule has 0 saturated carbocycles. The van der Waals surface area contributed by atoms with Crippen molar-refractivity contribution in [2.75, 3.05) is 18.8 Å². The number of hydrogen-bond acceptors (Lipinski definition) is 4. The molecule has 2 rings (SSSR count). The maximum atomic E-state index is 12.1. The largest absolute Gasteiger partial charge is 0.317 e. The third-order valence-corrected chi connectivity index (χ3v) is 5.10. The van der Waals surface area contributed by atoms with Gasteiger partial charge in [-0.25, -0.2) is 13.4 Å². The van der Waals surface area contributed by atoms with Gasteiger partial charge >= 0.3 is 0 Å². The lowest BCUT2D eigenvalue weighted by molar-refractivity contribution is 0.401. The first-order valence-electron chi connectivity index (χ1n) is 6.07. The first-order valence-corrected chi connectivity index (χ1v) is 8.27. The van der Waals surface area contributed by atoms with Gasteiger partial charge in [0, 0.05) is 6.20 Å². The van der Waals surface area contributed by atoms with Gasteiger partial charge in [-0.05, 0) is 43.5 Å². The molecule has 0 unspecified atom stereocenters. The number of halogens is 2. The Hall–Kier alpha value is -0.360. The Balaban J connectivity index is 0.00000180. The van der Waals surface area contributed by atoms with Crippen molar-refractivity contribution in [3.63, 3.8) is 0 Å². The van der Waals surface area contributed by atoms with Crippen LogP contribution >= 0.6 is 24.0 Å². The summed E-state index contributed by atoms with van der Waals surface area (Å²) in [6, 6.07) is 3.34. The van der Waals surface area contributed by atoms with Crippen LogP contribution in [-0.2, 0) is 15.6 Å². The van der Waals surface area contributed by atoms with E-state index >= 15 is 0 Å². The van der Waals surface area contributed by atoms with Crippen molar-refractivity contribution in [3.8, 4) is 0 Å². The number of nitrogens with zero attached hydrogens (tertiary/aromatic N) is 1. The number of rotatable bonds is 4. The lowest BCUT2D eigenvalue weighted by atomic mass is 10.0. The third kappa shape index (κ3) is 5.65. The number of aromatic nitrogens is 1. The highest BCUT2D eigenvalue weighted by Crippen LogP contribution is 2.17. The number of hydrogen-bond donors (Lipinski definition) is 1. The van der Waals surface area contributed by atoms with Crippen LogP contribution in [0.3, 0.4) is 0 Å². The molecule has 1 aliphatic rings. The molecule has 0 spiro atoms. The molecular weight excluding hydrogens is 307 g/mol. The second-order valence-corrected chi connectivity index (χ2v) is 7.23. The van der Waals surface area contributed by atoms with Crippen molar-refractivity contribution >= 4 is 33.8 Å². The van der Waals surface area contributed by atoms with Crippen molar-refractivity contribution < 1.29 is 8.42 Å². The lowest BCUT2D eigenvalue weighted by Gasteiger charge is -2.22. The number of nitrogens with one attached hydrogen (secondary N) is 1. The van der Waals surface area contributed by atoms with Gasteiger partial charge in [0.25, 0.3) is 0 Å². The van der Waals surface area contributed by atoms with Gasteiger partial charge in [-0.3, -0.25) is 0 Å². The molecule has 1 saturated heterocycles. The zero-order valence-corrected chi connectivity index (χ0v) is 12.9. The van der Waals surface area contributed by atoms with Crippen LogP contribution in [0.25, 0.3) is 0 Å². The smallest absolute Gasteiger partial charge is 0.154 e. The molecule has 0 aliphatic carbocycles. The van der Waals surface area contributed by atoms with Gasteiger partial charge < -0.3 is 5.32 Å². The molecule has 0 radical (unpaired) electrons. The lowest BCUT2D eigenvalue weighted by Crippen LogP contribution is -2.31. The van der Waals surface area contributed by atoms with Crippen LogP contribution in [0.5, 0.6) is 0 Å². The van der Waals surface area contributed by atoms with E-state index in [4.69, 9.17) is 11.6 Å². The highest BCUT2D eigenvalue weighted by molar-refractivity contribution is 7.90. The molecule has 1 aromatic rings. The fourth-order valence-electron chi connectivity index (χ4n) is 2.21. The Bertz CT molecular complexity index is 485. The van der Waals surface area contributed by atoms with Gasteiger partial charge in [-0.2, -0.15) is 0 Å². The molecule has 2 heterocycles. The van der Waals surface area contributed by atoms with Gasteiger partial charge in [0.15, 0.2) is 9.84 Å². The topological polar surface area (TPSA) is 59.1 Å². The maximum Gasteiger partial charge on any atom is 0.154 e. The summed E-state index contributed by atoms with van der Waals surface area (Å²) < 4.78 is 24.1. The Morgan fingerprint density at radius 3 is 2.58 bits per heavy atom. The Morgan fingerprint density at radius 1 is 1.32 bits per heavy atom. The van der Waals surface area contributed by atoms with Crippen molar-refractivity contribution in [2.24, 2.45) is 5.92 Å². The summed E-state index contributed by atoms with van der Waals surface area (Å²) in [7, 11) is -3.06. The molecule has 1 aromatic heterocycles. The predicted molar refractivity (Wildman–Crippen MR) is 79.6 cm³/mol. The highest BCUT2D eigenvalue weighted by Gasteiger charge is 2.21. The molecule has 0 amide bonds. The average Bonchev–Trinajstić information content (AvgIpc) is 2.32. The summed E-state index contributed by atoms with van der Waals surface area (Å²) in [5.74, 6) is 0.620. The van der Waals surface area contributed by atoms with Crippen molar-refractivity contribution in [2.45, 2.75) is 18.6 Å². The van der Waals surface area contributed by atoms with Gasteiger partial charge in [-0.1, -0.05) is 17.7 Å². The first kappa shape index (κ1) is 16.7. The average molecular weight is 325 g/mol. The minimum Gasteiger partial charge on any atom is -0.317 e. The maximum absolute atomic E-state index is 12.1. The summed E-state index contributed by atoms with van der Waals surface area (Å²) in [5.41, 5.74) is 0.702. The SMILES string of the molecule is Cl.O=S(=O)(Cc1ccc(Cl)nc1)CC1CCNCC1. The molecule has 0 atom stereocenters. The van der Waals surface area contributed by atoms with E-state index in [1.165, 1.54) is 6.20 Å². The number of piperidine rings is 1. The molecule has 0 aromatic carbocycles.